The van der Waals surface area contributed by atoms with Gasteiger partial charge in [-0.2, -0.15) is 0 Å². The summed E-state index contributed by atoms with van der Waals surface area (Å²) in [6, 6.07) is 7.99. The monoisotopic (exact) mass is 210 g/mol. The Bertz CT molecular complexity index is 432. The van der Waals surface area contributed by atoms with Gasteiger partial charge in [-0.05, 0) is 12.1 Å². The number of hydrogen-bond donors (Lipinski definition) is 0. The summed E-state index contributed by atoms with van der Waals surface area (Å²) in [7, 11) is -3.40. The van der Waals surface area contributed by atoms with Crippen molar-refractivity contribution in [2.24, 2.45) is 0 Å². The molecule has 1 aromatic carbocycles. The molecular weight excluding hydrogens is 200 g/mol. The molecule has 0 aliphatic rings. The minimum Gasteiger partial charge on any atom is -0.298 e. The van der Waals surface area contributed by atoms with E-state index in [9.17, 15) is 13.2 Å². The van der Waals surface area contributed by atoms with Crippen LogP contribution in [0.1, 0.15) is 0 Å². The van der Waals surface area contributed by atoms with E-state index in [1.165, 1.54) is 12.1 Å². The molecule has 0 aromatic heterocycles. The van der Waals surface area contributed by atoms with Crippen molar-refractivity contribution in [2.75, 3.05) is 5.75 Å². The predicted molar refractivity (Wildman–Crippen MR) is 53.7 cm³/mol. The number of carbonyl (C=O) groups excluding carboxylic acids is 1. The molecule has 0 amide bonds. The summed E-state index contributed by atoms with van der Waals surface area (Å²) in [5, 5.41) is 0. The molecule has 1 rings (SSSR count). The Morgan fingerprint density at radius 2 is 1.86 bits per heavy atom. The van der Waals surface area contributed by atoms with Gasteiger partial charge in [0.25, 0.3) is 0 Å². The highest BCUT2D eigenvalue weighted by Crippen LogP contribution is 2.11. The number of hydrogen-bond acceptors (Lipinski definition) is 3. The maximum atomic E-state index is 11.6. The van der Waals surface area contributed by atoms with Crippen LogP contribution in [-0.4, -0.2) is 20.5 Å². The Balaban J connectivity index is 2.98. The standard InChI is InChI=1S/C10H10O3S/c1-9(7-11)8-14(12,13)10-5-3-2-4-6-10/h2-7H,1,8H2. The highest BCUT2D eigenvalue weighted by atomic mass is 32.2. The van der Waals surface area contributed by atoms with Crippen LogP contribution in [0.2, 0.25) is 0 Å². The first-order valence-corrected chi connectivity index (χ1v) is 5.62. The van der Waals surface area contributed by atoms with Crippen molar-refractivity contribution in [1.29, 1.82) is 0 Å². The molecule has 0 atom stereocenters. The molecule has 3 nitrogen and oxygen atoms in total. The molecule has 0 aliphatic heterocycles. The van der Waals surface area contributed by atoms with E-state index in [1.807, 2.05) is 0 Å². The first-order valence-electron chi connectivity index (χ1n) is 3.97. The molecule has 0 unspecified atom stereocenters. The molecule has 1 aromatic rings. The Morgan fingerprint density at radius 3 is 2.36 bits per heavy atom. The van der Waals surface area contributed by atoms with Gasteiger partial charge in [0, 0.05) is 5.57 Å². The maximum Gasteiger partial charge on any atom is 0.182 e. The van der Waals surface area contributed by atoms with Gasteiger partial charge in [-0.1, -0.05) is 24.8 Å². The van der Waals surface area contributed by atoms with Gasteiger partial charge in [-0.25, -0.2) is 8.42 Å². The Labute approximate surface area is 83.0 Å². The zero-order valence-electron chi connectivity index (χ0n) is 7.51. The third-order valence-electron chi connectivity index (χ3n) is 1.64. The van der Waals surface area contributed by atoms with Crippen molar-refractivity contribution < 1.29 is 13.2 Å². The van der Waals surface area contributed by atoms with Crippen LogP contribution >= 0.6 is 0 Å². The van der Waals surface area contributed by atoms with E-state index in [0.717, 1.165) is 0 Å². The Morgan fingerprint density at radius 1 is 1.29 bits per heavy atom. The Kier molecular flexibility index (Phi) is 3.19. The molecule has 0 fully saturated rings. The molecule has 0 spiro atoms. The second-order valence-corrected chi connectivity index (χ2v) is 4.84. The number of carbonyl (C=O) groups is 1. The molecule has 4 heteroatoms. The first kappa shape index (κ1) is 10.7. The quantitative estimate of drug-likeness (QED) is 0.554. The van der Waals surface area contributed by atoms with Gasteiger partial charge >= 0.3 is 0 Å². The molecule has 14 heavy (non-hydrogen) atoms. The summed E-state index contributed by atoms with van der Waals surface area (Å²) in [5.41, 5.74) is 0.0638. The van der Waals surface area contributed by atoms with Gasteiger partial charge in [0.05, 0.1) is 10.6 Å². The third kappa shape index (κ3) is 2.53. The Hall–Kier alpha value is -1.42. The van der Waals surface area contributed by atoms with E-state index in [0.29, 0.717) is 6.29 Å². The number of aldehydes is 1. The van der Waals surface area contributed by atoms with Crippen LogP contribution in [0.15, 0.2) is 47.4 Å². The smallest absolute Gasteiger partial charge is 0.182 e. The van der Waals surface area contributed by atoms with Crippen molar-refractivity contribution in [3.8, 4) is 0 Å². The van der Waals surface area contributed by atoms with Crippen LogP contribution in [0.4, 0.5) is 0 Å². The molecule has 0 bridgehead atoms. The molecule has 0 N–H and O–H groups in total. The molecule has 0 aliphatic carbocycles. The van der Waals surface area contributed by atoms with Gasteiger partial charge in [0.2, 0.25) is 0 Å². The van der Waals surface area contributed by atoms with Crippen LogP contribution in [0, 0.1) is 0 Å². The maximum absolute atomic E-state index is 11.6. The van der Waals surface area contributed by atoms with E-state index in [4.69, 9.17) is 0 Å². The summed E-state index contributed by atoms with van der Waals surface area (Å²) in [5.74, 6) is -0.319. The van der Waals surface area contributed by atoms with Crippen LogP contribution in [-0.2, 0) is 14.6 Å². The zero-order chi connectivity index (χ0) is 10.6. The van der Waals surface area contributed by atoms with Crippen LogP contribution in [0.25, 0.3) is 0 Å². The molecule has 0 radical (unpaired) electrons. The predicted octanol–water partition coefficient (Wildman–Crippen LogP) is 1.22. The second-order valence-electron chi connectivity index (χ2n) is 2.85. The largest absolute Gasteiger partial charge is 0.298 e. The highest BCUT2D eigenvalue weighted by Gasteiger charge is 2.14. The molecule has 0 heterocycles. The summed E-state index contributed by atoms with van der Waals surface area (Å²) < 4.78 is 23.2. The molecule has 0 saturated heterocycles. The first-order chi connectivity index (χ1) is 6.56. The van der Waals surface area contributed by atoms with E-state index >= 15 is 0 Å². The number of rotatable bonds is 4. The minimum absolute atomic E-state index is 0.0638. The van der Waals surface area contributed by atoms with Crippen LogP contribution in [0.5, 0.6) is 0 Å². The van der Waals surface area contributed by atoms with Crippen LogP contribution in [0.3, 0.4) is 0 Å². The van der Waals surface area contributed by atoms with Crippen molar-refractivity contribution in [3.05, 3.63) is 42.5 Å². The lowest BCUT2D eigenvalue weighted by Gasteiger charge is -2.01. The van der Waals surface area contributed by atoms with Crippen molar-refractivity contribution in [2.45, 2.75) is 4.90 Å². The fourth-order valence-corrected chi connectivity index (χ4v) is 2.28. The van der Waals surface area contributed by atoms with Gasteiger partial charge in [-0.15, -0.1) is 0 Å². The van der Waals surface area contributed by atoms with E-state index < -0.39 is 9.84 Å². The number of benzene rings is 1. The fraction of sp³-hybridized carbons (Fsp3) is 0.100. The van der Waals surface area contributed by atoms with E-state index in [2.05, 4.69) is 6.58 Å². The summed E-state index contributed by atoms with van der Waals surface area (Å²) in [6.07, 6.45) is 0.459. The van der Waals surface area contributed by atoms with E-state index in [-0.39, 0.29) is 16.2 Å². The average Bonchev–Trinajstić information content (AvgIpc) is 2.18. The second kappa shape index (κ2) is 4.19. The van der Waals surface area contributed by atoms with Crippen molar-refractivity contribution in [1.82, 2.24) is 0 Å². The highest BCUT2D eigenvalue weighted by molar-refractivity contribution is 7.91. The molecule has 0 saturated carbocycles. The molecular formula is C10H10O3S. The van der Waals surface area contributed by atoms with Crippen LogP contribution < -0.4 is 0 Å². The van der Waals surface area contributed by atoms with Crippen molar-refractivity contribution >= 4 is 16.1 Å². The van der Waals surface area contributed by atoms with Gasteiger partial charge in [-0.3, -0.25) is 4.79 Å². The lowest BCUT2D eigenvalue weighted by atomic mass is 10.4. The lowest BCUT2D eigenvalue weighted by molar-refractivity contribution is -0.104. The van der Waals surface area contributed by atoms with Gasteiger partial charge in [0.15, 0.2) is 9.84 Å². The fourth-order valence-electron chi connectivity index (χ4n) is 0.989. The third-order valence-corrected chi connectivity index (χ3v) is 3.39. The van der Waals surface area contributed by atoms with E-state index in [1.54, 1.807) is 18.2 Å². The van der Waals surface area contributed by atoms with Crippen molar-refractivity contribution in [3.63, 3.8) is 0 Å². The normalized spacial score (nSPS) is 10.9. The summed E-state index contributed by atoms with van der Waals surface area (Å²) in [6.45, 7) is 3.34. The topological polar surface area (TPSA) is 51.2 Å². The SMILES string of the molecule is C=C(C=O)CS(=O)(=O)c1ccccc1. The minimum atomic E-state index is -3.40. The lowest BCUT2D eigenvalue weighted by Crippen LogP contribution is -2.08. The summed E-state index contributed by atoms with van der Waals surface area (Å²) >= 11 is 0. The average molecular weight is 210 g/mol. The summed E-state index contributed by atoms with van der Waals surface area (Å²) in [4.78, 5) is 10.5. The zero-order valence-corrected chi connectivity index (χ0v) is 8.33. The number of sulfone groups is 1. The molecule has 74 valence electrons. The van der Waals surface area contributed by atoms with Gasteiger partial charge < -0.3 is 0 Å². The van der Waals surface area contributed by atoms with Gasteiger partial charge in [0.1, 0.15) is 6.29 Å².